The summed E-state index contributed by atoms with van der Waals surface area (Å²) in [5.74, 6) is -0.285. The first-order valence-electron chi connectivity index (χ1n) is 12.0. The minimum atomic E-state index is -4.12. The molecule has 0 aliphatic carbocycles. The van der Waals surface area contributed by atoms with Crippen molar-refractivity contribution < 1.29 is 22.7 Å². The number of methoxy groups -OCH3 is 1. The third kappa shape index (κ3) is 6.68. The van der Waals surface area contributed by atoms with E-state index in [4.69, 9.17) is 4.74 Å². The highest BCUT2D eigenvalue weighted by atomic mass is 32.2. The Labute approximate surface area is 218 Å². The van der Waals surface area contributed by atoms with Gasteiger partial charge in [0.15, 0.2) is 0 Å². The maximum Gasteiger partial charge on any atom is 0.264 e. The lowest BCUT2D eigenvalue weighted by atomic mass is 10.1. The van der Waals surface area contributed by atoms with Crippen LogP contribution in [0.25, 0.3) is 0 Å². The standard InChI is InChI=1S/C28H33N3O5S/c1-5-26(28(33)29-3)30(19-22-11-9-10-21(2)18-22)27(32)20-31(23-12-7-6-8-13-23)37(34,35)25-16-14-24(36-4)15-17-25/h6-18,26H,5,19-20H2,1-4H3,(H,29,33)/t26-/m0/s1. The Hall–Kier alpha value is -3.85. The number of anilines is 1. The first kappa shape index (κ1) is 27.7. The van der Waals surface area contributed by atoms with Crippen molar-refractivity contribution >= 4 is 27.5 Å². The van der Waals surface area contributed by atoms with E-state index in [2.05, 4.69) is 5.32 Å². The fourth-order valence-electron chi connectivity index (χ4n) is 4.09. The number of carbonyl (C=O) groups is 2. The van der Waals surface area contributed by atoms with Gasteiger partial charge in [0.05, 0.1) is 17.7 Å². The van der Waals surface area contributed by atoms with E-state index in [9.17, 15) is 18.0 Å². The molecule has 0 aliphatic heterocycles. The molecule has 196 valence electrons. The van der Waals surface area contributed by atoms with Crippen LogP contribution in [-0.2, 0) is 26.2 Å². The number of aryl methyl sites for hydroxylation is 1. The summed E-state index contributed by atoms with van der Waals surface area (Å²) in [4.78, 5) is 28.0. The molecule has 0 radical (unpaired) electrons. The van der Waals surface area contributed by atoms with Crippen molar-refractivity contribution in [2.75, 3.05) is 25.0 Å². The van der Waals surface area contributed by atoms with Gasteiger partial charge in [0.2, 0.25) is 11.8 Å². The third-order valence-electron chi connectivity index (χ3n) is 6.04. The second kappa shape index (κ2) is 12.4. The van der Waals surface area contributed by atoms with Crippen LogP contribution in [0.5, 0.6) is 5.75 Å². The highest BCUT2D eigenvalue weighted by Crippen LogP contribution is 2.26. The summed E-state index contributed by atoms with van der Waals surface area (Å²) in [5, 5.41) is 2.62. The third-order valence-corrected chi connectivity index (χ3v) is 7.83. The normalized spacial score (nSPS) is 11.9. The second-order valence-corrected chi connectivity index (χ2v) is 10.4. The zero-order valence-corrected chi connectivity index (χ0v) is 22.4. The number of benzene rings is 3. The van der Waals surface area contributed by atoms with Gasteiger partial charge in [-0.2, -0.15) is 0 Å². The number of para-hydroxylation sites is 1. The maximum absolute atomic E-state index is 13.8. The fraction of sp³-hybridized carbons (Fsp3) is 0.286. The van der Waals surface area contributed by atoms with Crippen LogP contribution in [0.1, 0.15) is 24.5 Å². The molecule has 2 amide bonds. The topological polar surface area (TPSA) is 96.0 Å². The Bertz CT molecular complexity index is 1310. The Balaban J connectivity index is 2.03. The van der Waals surface area contributed by atoms with E-state index < -0.39 is 28.5 Å². The van der Waals surface area contributed by atoms with Crippen LogP contribution in [0.3, 0.4) is 0 Å². The van der Waals surface area contributed by atoms with Crippen LogP contribution in [0, 0.1) is 6.92 Å². The lowest BCUT2D eigenvalue weighted by Crippen LogP contribution is -2.51. The number of carbonyl (C=O) groups excluding carboxylic acids is 2. The van der Waals surface area contributed by atoms with Crippen molar-refractivity contribution in [1.29, 1.82) is 0 Å². The van der Waals surface area contributed by atoms with Gasteiger partial charge >= 0.3 is 0 Å². The minimum absolute atomic E-state index is 0.0218. The molecule has 0 heterocycles. The average molecular weight is 524 g/mol. The molecular formula is C28H33N3O5S. The van der Waals surface area contributed by atoms with E-state index in [1.165, 1.54) is 31.2 Å². The molecule has 9 heteroatoms. The molecule has 0 unspecified atom stereocenters. The van der Waals surface area contributed by atoms with Crippen molar-refractivity contribution in [3.63, 3.8) is 0 Å². The van der Waals surface area contributed by atoms with Gasteiger partial charge < -0.3 is 15.0 Å². The monoisotopic (exact) mass is 523 g/mol. The number of nitrogens with zero attached hydrogens (tertiary/aromatic N) is 2. The predicted octanol–water partition coefficient (Wildman–Crippen LogP) is 3.75. The summed E-state index contributed by atoms with van der Waals surface area (Å²) in [5.41, 5.74) is 2.21. The quantitative estimate of drug-likeness (QED) is 0.413. The Morgan fingerprint density at radius 3 is 2.22 bits per heavy atom. The smallest absolute Gasteiger partial charge is 0.264 e. The van der Waals surface area contributed by atoms with E-state index in [-0.39, 0.29) is 17.3 Å². The zero-order valence-electron chi connectivity index (χ0n) is 21.5. The SMILES string of the molecule is CC[C@@H](C(=O)NC)N(Cc1cccc(C)c1)C(=O)CN(c1ccccc1)S(=O)(=O)c1ccc(OC)cc1. The van der Waals surface area contributed by atoms with Gasteiger partial charge in [0.1, 0.15) is 18.3 Å². The van der Waals surface area contributed by atoms with Gasteiger partial charge in [-0.15, -0.1) is 0 Å². The van der Waals surface area contributed by atoms with Crippen LogP contribution in [0.2, 0.25) is 0 Å². The molecule has 0 bridgehead atoms. The zero-order chi connectivity index (χ0) is 27.0. The molecule has 0 aromatic heterocycles. The predicted molar refractivity (Wildman–Crippen MR) is 144 cm³/mol. The molecule has 0 aliphatic rings. The van der Waals surface area contributed by atoms with Crippen molar-refractivity contribution in [1.82, 2.24) is 10.2 Å². The largest absolute Gasteiger partial charge is 0.497 e. The second-order valence-electron chi connectivity index (χ2n) is 8.57. The Morgan fingerprint density at radius 1 is 0.973 bits per heavy atom. The van der Waals surface area contributed by atoms with Crippen LogP contribution in [0.15, 0.2) is 83.8 Å². The Morgan fingerprint density at radius 2 is 1.65 bits per heavy atom. The van der Waals surface area contributed by atoms with E-state index in [1.807, 2.05) is 38.1 Å². The molecule has 0 spiro atoms. The van der Waals surface area contributed by atoms with E-state index in [0.717, 1.165) is 15.4 Å². The van der Waals surface area contributed by atoms with Gasteiger partial charge in [-0.05, 0) is 55.3 Å². The van der Waals surface area contributed by atoms with Crippen molar-refractivity contribution in [2.24, 2.45) is 0 Å². The number of hydrogen-bond acceptors (Lipinski definition) is 5. The number of ether oxygens (including phenoxy) is 1. The molecule has 1 atom stereocenters. The maximum atomic E-state index is 13.8. The molecule has 3 rings (SSSR count). The molecule has 8 nitrogen and oxygen atoms in total. The number of likely N-dealkylation sites (N-methyl/N-ethyl adjacent to an activating group) is 1. The van der Waals surface area contributed by atoms with Crippen LogP contribution in [-0.4, -0.2) is 51.9 Å². The van der Waals surface area contributed by atoms with Crippen molar-refractivity contribution in [3.05, 3.63) is 90.0 Å². The first-order chi connectivity index (χ1) is 17.7. The molecule has 0 saturated carbocycles. The van der Waals surface area contributed by atoms with Crippen molar-refractivity contribution in [2.45, 2.75) is 37.8 Å². The molecule has 0 fully saturated rings. The fourth-order valence-corrected chi connectivity index (χ4v) is 5.51. The van der Waals surface area contributed by atoms with Crippen LogP contribution >= 0.6 is 0 Å². The Kier molecular flexibility index (Phi) is 9.30. The van der Waals surface area contributed by atoms with Gasteiger partial charge in [0, 0.05) is 13.6 Å². The number of hydrogen-bond donors (Lipinski definition) is 1. The van der Waals surface area contributed by atoms with E-state index in [0.29, 0.717) is 17.9 Å². The van der Waals surface area contributed by atoms with E-state index >= 15 is 0 Å². The molecule has 0 saturated heterocycles. The first-order valence-corrected chi connectivity index (χ1v) is 13.4. The summed E-state index contributed by atoms with van der Waals surface area (Å²) in [6, 6.07) is 21.4. The summed E-state index contributed by atoms with van der Waals surface area (Å²) in [6.45, 7) is 3.46. The summed E-state index contributed by atoms with van der Waals surface area (Å²) in [7, 11) is -1.10. The number of amides is 2. The van der Waals surface area contributed by atoms with Gasteiger partial charge in [-0.25, -0.2) is 8.42 Å². The summed E-state index contributed by atoms with van der Waals surface area (Å²) in [6.07, 6.45) is 0.369. The minimum Gasteiger partial charge on any atom is -0.497 e. The highest BCUT2D eigenvalue weighted by molar-refractivity contribution is 7.92. The highest BCUT2D eigenvalue weighted by Gasteiger charge is 2.33. The molecule has 3 aromatic carbocycles. The number of sulfonamides is 1. The summed E-state index contributed by atoms with van der Waals surface area (Å²) >= 11 is 0. The molecular weight excluding hydrogens is 490 g/mol. The van der Waals surface area contributed by atoms with Gasteiger partial charge in [-0.1, -0.05) is 55.0 Å². The molecule has 1 N–H and O–H groups in total. The molecule has 3 aromatic rings. The van der Waals surface area contributed by atoms with Gasteiger partial charge in [0.25, 0.3) is 10.0 Å². The van der Waals surface area contributed by atoms with E-state index in [1.54, 1.807) is 42.5 Å². The summed E-state index contributed by atoms with van der Waals surface area (Å²) < 4.78 is 33.7. The van der Waals surface area contributed by atoms with Crippen molar-refractivity contribution in [3.8, 4) is 5.75 Å². The number of nitrogens with one attached hydrogen (secondary N) is 1. The van der Waals surface area contributed by atoms with Gasteiger partial charge in [-0.3, -0.25) is 13.9 Å². The van der Waals surface area contributed by atoms with Crippen LogP contribution < -0.4 is 14.4 Å². The lowest BCUT2D eigenvalue weighted by molar-refractivity contribution is -0.140. The average Bonchev–Trinajstić information content (AvgIpc) is 2.91. The molecule has 37 heavy (non-hydrogen) atoms. The lowest BCUT2D eigenvalue weighted by Gasteiger charge is -2.33. The van der Waals surface area contributed by atoms with Crippen LogP contribution in [0.4, 0.5) is 5.69 Å². The number of rotatable bonds is 11.